The van der Waals surface area contributed by atoms with E-state index in [0.29, 0.717) is 12.0 Å². The summed E-state index contributed by atoms with van der Waals surface area (Å²) in [6.45, 7) is 2.46. The van der Waals surface area contributed by atoms with Crippen molar-refractivity contribution in [2.45, 2.75) is 51.2 Å². The predicted molar refractivity (Wildman–Crippen MR) is 102 cm³/mol. The quantitative estimate of drug-likeness (QED) is 0.631. The molecule has 152 valence electrons. The number of nitrogens with zero attached hydrogens (tertiary/aromatic N) is 1. The zero-order chi connectivity index (χ0) is 20.1. The number of carbonyl (C=O) groups is 1. The molecule has 0 aliphatic carbocycles. The summed E-state index contributed by atoms with van der Waals surface area (Å²) in [5.41, 5.74) is 2.37. The number of halogens is 3. The third-order valence-electron chi connectivity index (χ3n) is 4.92. The maximum absolute atomic E-state index is 14.0. The van der Waals surface area contributed by atoms with E-state index < -0.39 is 18.1 Å². The molecule has 1 amide bonds. The summed E-state index contributed by atoms with van der Waals surface area (Å²) in [4.78, 5) is 11.5. The van der Waals surface area contributed by atoms with Crippen LogP contribution in [-0.2, 0) is 4.79 Å². The molecule has 0 bridgehead atoms. The van der Waals surface area contributed by atoms with Crippen molar-refractivity contribution in [3.63, 3.8) is 0 Å². The van der Waals surface area contributed by atoms with Gasteiger partial charge in [-0.3, -0.25) is 10.2 Å². The number of alkyl halides is 3. The topological polar surface area (TPSA) is 41.6 Å². The minimum Gasteiger partial charge on any atom is -0.493 e. The van der Waals surface area contributed by atoms with Crippen LogP contribution in [0.2, 0.25) is 0 Å². The average Bonchev–Trinajstić information content (AvgIpc) is 3.07. The minimum absolute atomic E-state index is 0.00573. The Kier molecular flexibility index (Phi) is 6.44. The number of ether oxygens (including phenoxy) is 1. The molecule has 0 aromatic heterocycles. The van der Waals surface area contributed by atoms with Crippen molar-refractivity contribution < 1.29 is 22.7 Å². The number of rotatable bonds is 8. The Morgan fingerprint density at radius 3 is 2.61 bits per heavy atom. The van der Waals surface area contributed by atoms with Crippen molar-refractivity contribution in [3.05, 3.63) is 42.0 Å². The van der Waals surface area contributed by atoms with E-state index in [2.05, 4.69) is 12.3 Å². The van der Waals surface area contributed by atoms with Crippen LogP contribution in [0.5, 0.6) is 5.75 Å². The Morgan fingerprint density at radius 2 is 1.93 bits per heavy atom. The number of carbonyl (C=O) groups excluding carboxylic acids is 1. The summed E-state index contributed by atoms with van der Waals surface area (Å²) in [5, 5.41) is 2.44. The van der Waals surface area contributed by atoms with Gasteiger partial charge in [0.15, 0.2) is 6.04 Å². The second-order valence-corrected chi connectivity index (χ2v) is 7.04. The number of benzene rings is 2. The highest BCUT2D eigenvalue weighted by Crippen LogP contribution is 2.44. The number of fused-ring (bicyclic) bond motifs is 1. The maximum Gasteiger partial charge on any atom is 0.410 e. The maximum atomic E-state index is 14.0. The number of hydrogen-bond donors (Lipinski definition) is 1. The third-order valence-corrected chi connectivity index (χ3v) is 4.92. The summed E-state index contributed by atoms with van der Waals surface area (Å²) < 4.78 is 47.9. The van der Waals surface area contributed by atoms with Gasteiger partial charge in [0.05, 0.1) is 6.61 Å². The van der Waals surface area contributed by atoms with Gasteiger partial charge in [-0.2, -0.15) is 13.2 Å². The largest absolute Gasteiger partial charge is 0.493 e. The van der Waals surface area contributed by atoms with Crippen LogP contribution in [0, 0.1) is 0 Å². The Bertz CT molecular complexity index is 823. The molecule has 4 nitrogen and oxygen atoms in total. The normalized spacial score (nSPS) is 16.4. The van der Waals surface area contributed by atoms with Crippen molar-refractivity contribution in [2.24, 2.45) is 0 Å². The molecule has 3 rings (SSSR count). The van der Waals surface area contributed by atoms with E-state index in [-0.39, 0.29) is 24.3 Å². The Morgan fingerprint density at radius 1 is 1.14 bits per heavy atom. The van der Waals surface area contributed by atoms with Gasteiger partial charge in [0.25, 0.3) is 0 Å². The number of hydrazine groups is 1. The molecule has 1 aliphatic heterocycles. The summed E-state index contributed by atoms with van der Waals surface area (Å²) in [7, 11) is 0. The predicted octanol–water partition coefficient (Wildman–Crippen LogP) is 5.14. The molecule has 1 N–H and O–H groups in total. The molecule has 1 fully saturated rings. The Hall–Kier alpha value is -2.28. The summed E-state index contributed by atoms with van der Waals surface area (Å²) in [6.07, 6.45) is -0.607. The summed E-state index contributed by atoms with van der Waals surface area (Å²) in [5.74, 6) is -0.157. The third kappa shape index (κ3) is 4.58. The van der Waals surface area contributed by atoms with Crippen LogP contribution >= 0.6 is 0 Å². The van der Waals surface area contributed by atoms with Gasteiger partial charge in [-0.1, -0.05) is 62.6 Å². The van der Waals surface area contributed by atoms with Gasteiger partial charge in [0.1, 0.15) is 5.75 Å². The molecule has 1 atom stereocenters. The zero-order valence-corrected chi connectivity index (χ0v) is 15.9. The smallest absolute Gasteiger partial charge is 0.410 e. The fourth-order valence-electron chi connectivity index (χ4n) is 3.55. The molecule has 2 aromatic carbocycles. The molecular weight excluding hydrogens is 369 g/mol. The van der Waals surface area contributed by atoms with E-state index in [1.165, 1.54) is 6.07 Å². The molecule has 1 aliphatic rings. The number of nitrogens with one attached hydrogen (secondary N) is 1. The molecule has 1 unspecified atom stereocenters. The average molecular weight is 394 g/mol. The van der Waals surface area contributed by atoms with Crippen molar-refractivity contribution in [2.75, 3.05) is 13.2 Å². The second kappa shape index (κ2) is 8.82. The first-order chi connectivity index (χ1) is 13.4. The highest BCUT2D eigenvalue weighted by Gasteiger charge is 2.48. The first-order valence-corrected chi connectivity index (χ1v) is 9.69. The van der Waals surface area contributed by atoms with Gasteiger partial charge < -0.3 is 4.74 Å². The van der Waals surface area contributed by atoms with Crippen molar-refractivity contribution in [1.82, 2.24) is 10.4 Å². The highest BCUT2D eigenvalue weighted by atomic mass is 19.4. The van der Waals surface area contributed by atoms with Gasteiger partial charge in [-0.05, 0) is 11.8 Å². The van der Waals surface area contributed by atoms with E-state index in [1.807, 2.05) is 12.1 Å². The SMILES string of the molecule is CCCCCCOc1c(C(N2CCC(=O)N2)C(F)(F)F)ccc2ccccc12. The van der Waals surface area contributed by atoms with E-state index >= 15 is 0 Å². The van der Waals surface area contributed by atoms with Crippen molar-refractivity contribution in [1.29, 1.82) is 0 Å². The van der Waals surface area contributed by atoms with E-state index in [0.717, 1.165) is 36.1 Å². The molecule has 28 heavy (non-hydrogen) atoms. The van der Waals surface area contributed by atoms with Crippen molar-refractivity contribution >= 4 is 16.7 Å². The van der Waals surface area contributed by atoms with Gasteiger partial charge in [0, 0.05) is 23.9 Å². The number of unbranched alkanes of at least 4 members (excludes halogenated alkanes) is 3. The summed E-state index contributed by atoms with van der Waals surface area (Å²) >= 11 is 0. The van der Waals surface area contributed by atoms with Crippen molar-refractivity contribution in [3.8, 4) is 5.75 Å². The lowest BCUT2D eigenvalue weighted by Crippen LogP contribution is -2.43. The van der Waals surface area contributed by atoms with E-state index in [9.17, 15) is 18.0 Å². The van der Waals surface area contributed by atoms with Crippen LogP contribution in [0.15, 0.2) is 36.4 Å². The molecule has 0 radical (unpaired) electrons. The van der Waals surface area contributed by atoms with Crippen LogP contribution in [0.3, 0.4) is 0 Å². The van der Waals surface area contributed by atoms with E-state index in [1.54, 1.807) is 18.2 Å². The lowest BCUT2D eigenvalue weighted by atomic mass is 9.99. The second-order valence-electron chi connectivity index (χ2n) is 7.04. The molecule has 7 heteroatoms. The molecule has 2 aromatic rings. The summed E-state index contributed by atoms with van der Waals surface area (Å²) in [6, 6.07) is 8.44. The van der Waals surface area contributed by atoms with Crippen LogP contribution in [0.4, 0.5) is 13.2 Å². The number of amides is 1. The monoisotopic (exact) mass is 394 g/mol. The van der Waals surface area contributed by atoms with Gasteiger partial charge >= 0.3 is 6.18 Å². The van der Waals surface area contributed by atoms with Gasteiger partial charge in [-0.25, -0.2) is 5.01 Å². The van der Waals surface area contributed by atoms with Crippen LogP contribution in [0.1, 0.15) is 50.6 Å². The minimum atomic E-state index is -4.56. The molecule has 1 heterocycles. The van der Waals surface area contributed by atoms with Crippen LogP contribution in [0.25, 0.3) is 10.8 Å². The van der Waals surface area contributed by atoms with Gasteiger partial charge in [0.2, 0.25) is 5.91 Å². The highest BCUT2D eigenvalue weighted by molar-refractivity contribution is 5.90. The molecular formula is C21H25F3N2O2. The first kappa shape index (κ1) is 20.5. The van der Waals surface area contributed by atoms with Crippen LogP contribution < -0.4 is 10.2 Å². The lowest BCUT2D eigenvalue weighted by Gasteiger charge is -2.31. The van der Waals surface area contributed by atoms with Crippen LogP contribution in [-0.4, -0.2) is 30.2 Å². The molecule has 0 spiro atoms. The fraction of sp³-hybridized carbons (Fsp3) is 0.476. The fourth-order valence-corrected chi connectivity index (χ4v) is 3.55. The molecule has 1 saturated heterocycles. The lowest BCUT2D eigenvalue weighted by molar-refractivity contribution is -0.191. The van der Waals surface area contributed by atoms with E-state index in [4.69, 9.17) is 4.74 Å². The zero-order valence-electron chi connectivity index (χ0n) is 15.9. The van der Waals surface area contributed by atoms with Gasteiger partial charge in [-0.15, -0.1) is 0 Å². The molecule has 0 saturated carbocycles. The number of hydrogen-bond acceptors (Lipinski definition) is 3. The first-order valence-electron chi connectivity index (χ1n) is 9.69. The standard InChI is InChI=1S/C21H25F3N2O2/c1-2-3-4-7-14-28-19-16-9-6-5-8-15(16)10-11-17(19)20(21(22,23)24)26-13-12-18(27)25-26/h5-6,8-11,20H,2-4,7,12-14H2,1H3,(H,25,27). The Balaban J connectivity index is 1.99. The Labute approximate surface area is 162 Å².